The molecular formula is C15H22N4OS. The maximum Gasteiger partial charge on any atom is 0.258 e. The van der Waals surface area contributed by atoms with E-state index in [0.29, 0.717) is 23.5 Å². The molecular weight excluding hydrogens is 284 g/mol. The summed E-state index contributed by atoms with van der Waals surface area (Å²) in [6, 6.07) is 0.941. The Bertz CT molecular complexity index is 554. The Morgan fingerprint density at radius 1 is 1.24 bits per heavy atom. The van der Waals surface area contributed by atoms with Crippen LogP contribution in [-0.4, -0.2) is 28.9 Å². The summed E-state index contributed by atoms with van der Waals surface area (Å²) >= 11 is 1.40. The number of anilines is 2. The molecule has 5 nitrogen and oxygen atoms in total. The van der Waals surface area contributed by atoms with Crippen LogP contribution in [-0.2, 0) is 0 Å². The number of amides is 1. The summed E-state index contributed by atoms with van der Waals surface area (Å²) < 4.78 is 4.27. The first kappa shape index (κ1) is 13.4. The lowest BCUT2D eigenvalue weighted by atomic mass is 9.92. The highest BCUT2D eigenvalue weighted by atomic mass is 32.1. The van der Waals surface area contributed by atoms with E-state index in [4.69, 9.17) is 5.73 Å². The highest BCUT2D eigenvalue weighted by molar-refractivity contribution is 7.11. The first-order chi connectivity index (χ1) is 10.2. The van der Waals surface area contributed by atoms with Crippen LogP contribution in [0.2, 0.25) is 0 Å². The first-order valence-electron chi connectivity index (χ1n) is 8.06. The Labute approximate surface area is 129 Å². The molecule has 0 bridgehead atoms. The molecule has 0 radical (unpaired) electrons. The minimum Gasteiger partial charge on any atom is -0.382 e. The summed E-state index contributed by atoms with van der Waals surface area (Å²) in [5.41, 5.74) is 6.62. The van der Waals surface area contributed by atoms with Crippen LogP contribution < -0.4 is 16.0 Å². The molecule has 2 saturated carbocycles. The zero-order valence-electron chi connectivity index (χ0n) is 12.2. The van der Waals surface area contributed by atoms with Gasteiger partial charge >= 0.3 is 0 Å². The van der Waals surface area contributed by atoms with Gasteiger partial charge in [-0.25, -0.2) is 0 Å². The number of nitrogens with zero attached hydrogens (tertiary/aromatic N) is 2. The standard InChI is InChI=1S/C15H22N4OS/c16-13-12(14(20)17-10-6-7-10)15(21-18-13)19-8-2-4-9-3-1-5-11(9)19/h9-11H,1-8H2,(H2,16,18)(H,17,20). The van der Waals surface area contributed by atoms with Gasteiger partial charge in [-0.15, -0.1) is 0 Å². The second-order valence-electron chi connectivity index (χ2n) is 6.59. The number of hydrogen-bond donors (Lipinski definition) is 2. The largest absolute Gasteiger partial charge is 0.382 e. The topological polar surface area (TPSA) is 71.2 Å². The fourth-order valence-corrected chi connectivity index (χ4v) is 4.79. The number of hydrogen-bond acceptors (Lipinski definition) is 5. The smallest absolute Gasteiger partial charge is 0.258 e. The number of aromatic nitrogens is 1. The van der Waals surface area contributed by atoms with Crippen molar-refractivity contribution < 1.29 is 4.79 Å². The molecule has 114 valence electrons. The molecule has 2 aliphatic carbocycles. The molecule has 2 heterocycles. The van der Waals surface area contributed by atoms with Crippen LogP contribution in [0.5, 0.6) is 0 Å². The molecule has 2 unspecified atom stereocenters. The second-order valence-corrected chi connectivity index (χ2v) is 7.34. The minimum atomic E-state index is -0.0288. The van der Waals surface area contributed by atoms with Crippen LogP contribution in [0.4, 0.5) is 10.8 Å². The van der Waals surface area contributed by atoms with Gasteiger partial charge in [0.15, 0.2) is 5.82 Å². The Balaban J connectivity index is 1.63. The molecule has 1 aliphatic heterocycles. The fraction of sp³-hybridized carbons (Fsp3) is 0.733. The molecule has 3 aliphatic rings. The van der Waals surface area contributed by atoms with Crippen molar-refractivity contribution in [1.82, 2.24) is 9.69 Å². The maximum atomic E-state index is 12.5. The Hall–Kier alpha value is -1.30. The van der Waals surface area contributed by atoms with E-state index in [-0.39, 0.29) is 5.91 Å². The third kappa shape index (κ3) is 2.39. The number of fused-ring (bicyclic) bond motifs is 1. The highest BCUT2D eigenvalue weighted by Gasteiger charge is 2.38. The third-order valence-electron chi connectivity index (χ3n) is 5.09. The van der Waals surface area contributed by atoms with Gasteiger partial charge in [-0.05, 0) is 56.0 Å². The predicted octanol–water partition coefficient (Wildman–Crippen LogP) is 2.39. The monoisotopic (exact) mass is 306 g/mol. The molecule has 1 aromatic rings. The molecule has 0 spiro atoms. The van der Waals surface area contributed by atoms with Crippen LogP contribution in [0.3, 0.4) is 0 Å². The van der Waals surface area contributed by atoms with Crippen molar-refractivity contribution in [2.45, 2.75) is 57.0 Å². The van der Waals surface area contributed by atoms with E-state index in [1.165, 1.54) is 43.6 Å². The Morgan fingerprint density at radius 3 is 2.86 bits per heavy atom. The van der Waals surface area contributed by atoms with Crippen molar-refractivity contribution >= 4 is 28.3 Å². The highest BCUT2D eigenvalue weighted by Crippen LogP contribution is 2.42. The van der Waals surface area contributed by atoms with E-state index in [9.17, 15) is 4.79 Å². The van der Waals surface area contributed by atoms with Gasteiger partial charge in [0.05, 0.1) is 0 Å². The molecule has 1 amide bonds. The van der Waals surface area contributed by atoms with Gasteiger partial charge in [0.2, 0.25) is 0 Å². The van der Waals surface area contributed by atoms with Gasteiger partial charge in [-0.1, -0.05) is 6.42 Å². The lowest BCUT2D eigenvalue weighted by Gasteiger charge is -2.38. The van der Waals surface area contributed by atoms with Gasteiger partial charge in [0.1, 0.15) is 10.6 Å². The molecule has 0 aromatic carbocycles. The van der Waals surface area contributed by atoms with E-state index in [2.05, 4.69) is 14.6 Å². The van der Waals surface area contributed by atoms with Crippen molar-refractivity contribution in [2.75, 3.05) is 17.2 Å². The summed E-state index contributed by atoms with van der Waals surface area (Å²) in [5.74, 6) is 1.16. The zero-order chi connectivity index (χ0) is 14.4. The third-order valence-corrected chi connectivity index (χ3v) is 5.99. The zero-order valence-corrected chi connectivity index (χ0v) is 13.0. The molecule has 21 heavy (non-hydrogen) atoms. The van der Waals surface area contributed by atoms with Crippen molar-refractivity contribution in [2.24, 2.45) is 5.92 Å². The summed E-state index contributed by atoms with van der Waals surface area (Å²) in [6.45, 7) is 1.03. The predicted molar refractivity (Wildman–Crippen MR) is 84.7 cm³/mol. The van der Waals surface area contributed by atoms with Crippen molar-refractivity contribution in [3.05, 3.63) is 5.56 Å². The van der Waals surface area contributed by atoms with Crippen LogP contribution in [0.15, 0.2) is 0 Å². The second kappa shape index (κ2) is 5.16. The number of nitrogen functional groups attached to an aromatic ring is 1. The quantitative estimate of drug-likeness (QED) is 0.899. The van der Waals surface area contributed by atoms with Crippen molar-refractivity contribution in [1.29, 1.82) is 0 Å². The molecule has 1 saturated heterocycles. The van der Waals surface area contributed by atoms with Crippen LogP contribution in [0.1, 0.15) is 55.3 Å². The van der Waals surface area contributed by atoms with Gasteiger partial charge in [0, 0.05) is 18.6 Å². The van der Waals surface area contributed by atoms with Gasteiger partial charge in [-0.3, -0.25) is 4.79 Å². The normalized spacial score (nSPS) is 28.5. The molecule has 6 heteroatoms. The van der Waals surface area contributed by atoms with E-state index in [1.807, 2.05) is 0 Å². The first-order valence-corrected chi connectivity index (χ1v) is 8.84. The summed E-state index contributed by atoms with van der Waals surface area (Å²) in [6.07, 6.45) is 8.61. The van der Waals surface area contributed by atoms with Crippen molar-refractivity contribution in [3.63, 3.8) is 0 Å². The van der Waals surface area contributed by atoms with Gasteiger partial charge in [-0.2, -0.15) is 4.37 Å². The number of carbonyl (C=O) groups excluding carboxylic acids is 1. The maximum absolute atomic E-state index is 12.5. The lowest BCUT2D eigenvalue weighted by Crippen LogP contribution is -2.43. The van der Waals surface area contributed by atoms with E-state index in [1.54, 1.807) is 0 Å². The molecule has 1 aromatic heterocycles. The molecule has 3 fully saturated rings. The molecule has 2 atom stereocenters. The van der Waals surface area contributed by atoms with Crippen LogP contribution in [0.25, 0.3) is 0 Å². The van der Waals surface area contributed by atoms with Crippen LogP contribution >= 0.6 is 11.5 Å². The van der Waals surface area contributed by atoms with Gasteiger partial charge < -0.3 is 16.0 Å². The number of carbonyl (C=O) groups is 1. The average molecular weight is 306 g/mol. The SMILES string of the molecule is Nc1nsc(N2CCCC3CCCC32)c1C(=O)NC1CC1. The Kier molecular flexibility index (Phi) is 3.28. The lowest BCUT2D eigenvalue weighted by molar-refractivity contribution is 0.0952. The van der Waals surface area contributed by atoms with Gasteiger partial charge in [0.25, 0.3) is 5.91 Å². The van der Waals surface area contributed by atoms with Crippen molar-refractivity contribution in [3.8, 4) is 0 Å². The molecule has 4 rings (SSSR count). The molecule has 3 N–H and O–H groups in total. The van der Waals surface area contributed by atoms with Crippen LogP contribution in [0, 0.1) is 5.92 Å². The van der Waals surface area contributed by atoms with E-state index in [0.717, 1.165) is 30.3 Å². The summed E-state index contributed by atoms with van der Waals surface area (Å²) in [4.78, 5) is 14.9. The number of nitrogens with two attached hydrogens (primary N) is 1. The minimum absolute atomic E-state index is 0.0288. The fourth-order valence-electron chi connectivity index (χ4n) is 3.89. The average Bonchev–Trinajstić information content (AvgIpc) is 3.01. The van der Waals surface area contributed by atoms with E-state index >= 15 is 0 Å². The van der Waals surface area contributed by atoms with E-state index < -0.39 is 0 Å². The number of piperidine rings is 1. The summed E-state index contributed by atoms with van der Waals surface area (Å²) in [7, 11) is 0. The number of rotatable bonds is 3. The number of nitrogens with one attached hydrogen (secondary N) is 1. The summed E-state index contributed by atoms with van der Waals surface area (Å²) in [5, 5.41) is 4.06. The Morgan fingerprint density at radius 2 is 2.05 bits per heavy atom.